The van der Waals surface area contributed by atoms with Gasteiger partial charge in [0.05, 0.1) is 28.2 Å². The topological polar surface area (TPSA) is 64.0 Å². The van der Waals surface area contributed by atoms with Gasteiger partial charge in [0, 0.05) is 19.2 Å². The maximum Gasteiger partial charge on any atom is 0.208 e. The molecule has 1 heterocycles. The second kappa shape index (κ2) is 6.48. The zero-order valence-corrected chi connectivity index (χ0v) is 13.6. The number of rotatable bonds is 6. The van der Waals surface area contributed by atoms with Crippen LogP contribution in [0.15, 0.2) is 12.1 Å². The molecule has 0 aliphatic carbocycles. The molecule has 0 spiro atoms. The SMILES string of the molecule is CS(=O)(=O)NCCCn1c(CCl)nc2cc(F)c(Cl)cc21. The van der Waals surface area contributed by atoms with Crippen molar-refractivity contribution in [1.82, 2.24) is 14.3 Å². The summed E-state index contributed by atoms with van der Waals surface area (Å²) in [5.41, 5.74) is 1.15. The fourth-order valence-corrected chi connectivity index (χ4v) is 2.89. The standard InChI is InChI=1S/C12H14Cl2FN3O2S/c1-21(19,20)16-3-2-4-18-11-5-8(14)9(15)6-10(11)17-12(18)7-13/h5-6,16H,2-4,7H2,1H3. The zero-order valence-electron chi connectivity index (χ0n) is 11.2. The molecule has 1 aromatic heterocycles. The van der Waals surface area contributed by atoms with E-state index in [1.165, 1.54) is 12.1 Å². The van der Waals surface area contributed by atoms with Gasteiger partial charge in [0.1, 0.15) is 11.6 Å². The molecule has 5 nitrogen and oxygen atoms in total. The van der Waals surface area contributed by atoms with Crippen LogP contribution in [-0.4, -0.2) is 30.8 Å². The molecular weight excluding hydrogens is 340 g/mol. The van der Waals surface area contributed by atoms with Gasteiger partial charge in [-0.3, -0.25) is 0 Å². The van der Waals surface area contributed by atoms with Gasteiger partial charge in [-0.2, -0.15) is 0 Å². The second-order valence-electron chi connectivity index (χ2n) is 4.59. The molecular formula is C12H14Cl2FN3O2S. The van der Waals surface area contributed by atoms with Crippen LogP contribution in [0.2, 0.25) is 5.02 Å². The average Bonchev–Trinajstić information content (AvgIpc) is 2.71. The predicted octanol–water partition coefficient (Wildman–Crippen LogP) is 2.51. The van der Waals surface area contributed by atoms with Crippen molar-refractivity contribution in [3.63, 3.8) is 0 Å². The number of fused-ring (bicyclic) bond motifs is 1. The lowest BCUT2D eigenvalue weighted by Gasteiger charge is -2.08. The zero-order chi connectivity index (χ0) is 15.6. The van der Waals surface area contributed by atoms with Crippen molar-refractivity contribution >= 4 is 44.3 Å². The molecule has 1 N–H and O–H groups in total. The minimum Gasteiger partial charge on any atom is -0.327 e. The number of benzene rings is 1. The molecule has 0 aliphatic rings. The first-order valence-corrected chi connectivity index (χ1v) is 8.97. The van der Waals surface area contributed by atoms with Crippen LogP contribution < -0.4 is 4.72 Å². The third kappa shape index (κ3) is 4.06. The number of sulfonamides is 1. The van der Waals surface area contributed by atoms with Crippen LogP contribution in [0.3, 0.4) is 0 Å². The Labute approximate surface area is 132 Å². The number of nitrogens with one attached hydrogen (secondary N) is 1. The van der Waals surface area contributed by atoms with Crippen LogP contribution >= 0.6 is 23.2 Å². The molecule has 0 bridgehead atoms. The Morgan fingerprint density at radius 1 is 1.43 bits per heavy atom. The van der Waals surface area contributed by atoms with E-state index in [0.717, 1.165) is 6.26 Å². The molecule has 0 fully saturated rings. The van der Waals surface area contributed by atoms with Crippen molar-refractivity contribution in [2.75, 3.05) is 12.8 Å². The monoisotopic (exact) mass is 353 g/mol. The summed E-state index contributed by atoms with van der Waals surface area (Å²) in [7, 11) is -3.21. The fraction of sp³-hybridized carbons (Fsp3) is 0.417. The van der Waals surface area contributed by atoms with Crippen LogP contribution in [0.4, 0.5) is 4.39 Å². The molecule has 1 aromatic carbocycles. The highest BCUT2D eigenvalue weighted by molar-refractivity contribution is 7.88. The molecule has 116 valence electrons. The van der Waals surface area contributed by atoms with Gasteiger partial charge in [-0.25, -0.2) is 22.5 Å². The van der Waals surface area contributed by atoms with Gasteiger partial charge >= 0.3 is 0 Å². The Bertz CT molecular complexity index is 761. The van der Waals surface area contributed by atoms with Gasteiger partial charge < -0.3 is 4.57 Å². The van der Waals surface area contributed by atoms with Crippen LogP contribution in [0.25, 0.3) is 11.0 Å². The summed E-state index contributed by atoms with van der Waals surface area (Å²) in [4.78, 5) is 4.25. The van der Waals surface area contributed by atoms with Crippen molar-refractivity contribution in [2.24, 2.45) is 0 Å². The van der Waals surface area contributed by atoms with Crippen LogP contribution in [0.5, 0.6) is 0 Å². The minimum absolute atomic E-state index is 0.0130. The van der Waals surface area contributed by atoms with E-state index >= 15 is 0 Å². The van der Waals surface area contributed by atoms with Gasteiger partial charge in [0.25, 0.3) is 0 Å². The molecule has 0 saturated heterocycles. The molecule has 0 atom stereocenters. The van der Waals surface area contributed by atoms with Crippen LogP contribution in [-0.2, 0) is 22.4 Å². The summed E-state index contributed by atoms with van der Waals surface area (Å²) in [5, 5.41) is 0.0130. The number of hydrogen-bond donors (Lipinski definition) is 1. The highest BCUT2D eigenvalue weighted by Crippen LogP contribution is 2.24. The average molecular weight is 354 g/mol. The predicted molar refractivity (Wildman–Crippen MR) is 81.7 cm³/mol. The number of aryl methyl sites for hydroxylation is 1. The van der Waals surface area contributed by atoms with E-state index in [9.17, 15) is 12.8 Å². The summed E-state index contributed by atoms with van der Waals surface area (Å²) in [6.07, 6.45) is 1.66. The van der Waals surface area contributed by atoms with E-state index in [4.69, 9.17) is 23.2 Å². The summed E-state index contributed by atoms with van der Waals surface area (Å²) >= 11 is 11.6. The Kier molecular flexibility index (Phi) is 5.08. The minimum atomic E-state index is -3.21. The molecule has 0 radical (unpaired) electrons. The number of halogens is 3. The Morgan fingerprint density at radius 2 is 2.14 bits per heavy atom. The first kappa shape index (κ1) is 16.5. The van der Waals surface area contributed by atoms with E-state index < -0.39 is 15.8 Å². The molecule has 2 aromatic rings. The normalized spacial score (nSPS) is 12.2. The first-order valence-electron chi connectivity index (χ1n) is 6.16. The largest absolute Gasteiger partial charge is 0.327 e. The Balaban J connectivity index is 2.23. The number of imidazole rings is 1. The summed E-state index contributed by atoms with van der Waals surface area (Å²) in [6.45, 7) is 0.804. The van der Waals surface area contributed by atoms with Gasteiger partial charge in [-0.1, -0.05) is 11.6 Å². The molecule has 0 aliphatic heterocycles. The highest BCUT2D eigenvalue weighted by atomic mass is 35.5. The smallest absolute Gasteiger partial charge is 0.208 e. The van der Waals surface area contributed by atoms with Crippen molar-refractivity contribution < 1.29 is 12.8 Å². The quantitative estimate of drug-likeness (QED) is 0.640. The van der Waals surface area contributed by atoms with Gasteiger partial charge in [0.2, 0.25) is 10.0 Å². The third-order valence-corrected chi connectivity index (χ3v) is 4.17. The lowest BCUT2D eigenvalue weighted by atomic mass is 10.3. The number of alkyl halides is 1. The Hall–Kier alpha value is -0.890. The molecule has 0 unspecified atom stereocenters. The second-order valence-corrected chi connectivity index (χ2v) is 7.10. The molecule has 9 heteroatoms. The summed E-state index contributed by atoms with van der Waals surface area (Å²) < 4.78 is 39.7. The number of nitrogens with zero attached hydrogens (tertiary/aromatic N) is 2. The third-order valence-electron chi connectivity index (χ3n) is 2.91. The lowest BCUT2D eigenvalue weighted by molar-refractivity contribution is 0.575. The summed E-state index contributed by atoms with van der Waals surface area (Å²) in [6, 6.07) is 2.76. The molecule has 0 saturated carbocycles. The highest BCUT2D eigenvalue weighted by Gasteiger charge is 2.13. The van der Waals surface area contributed by atoms with Crippen molar-refractivity contribution in [1.29, 1.82) is 0 Å². The maximum atomic E-state index is 13.4. The van der Waals surface area contributed by atoms with Gasteiger partial charge in [-0.15, -0.1) is 11.6 Å². The molecule has 21 heavy (non-hydrogen) atoms. The first-order chi connectivity index (χ1) is 9.81. The van der Waals surface area contributed by atoms with Crippen molar-refractivity contribution in [3.05, 3.63) is 28.8 Å². The van der Waals surface area contributed by atoms with Crippen molar-refractivity contribution in [3.8, 4) is 0 Å². The number of aromatic nitrogens is 2. The fourth-order valence-electron chi connectivity index (χ4n) is 2.02. The molecule has 0 amide bonds. The van der Waals surface area contributed by atoms with E-state index in [0.29, 0.717) is 36.4 Å². The van der Waals surface area contributed by atoms with Crippen LogP contribution in [0.1, 0.15) is 12.2 Å². The lowest BCUT2D eigenvalue weighted by Crippen LogP contribution is -2.24. The molecule has 2 rings (SSSR count). The van der Waals surface area contributed by atoms with Crippen LogP contribution in [0, 0.1) is 5.82 Å². The maximum absolute atomic E-state index is 13.4. The summed E-state index contributed by atoms with van der Waals surface area (Å²) in [5.74, 6) is 0.231. The van der Waals surface area contributed by atoms with E-state index in [1.54, 1.807) is 0 Å². The Morgan fingerprint density at radius 3 is 2.76 bits per heavy atom. The van der Waals surface area contributed by atoms with E-state index in [1.807, 2.05) is 4.57 Å². The van der Waals surface area contributed by atoms with E-state index in [2.05, 4.69) is 9.71 Å². The van der Waals surface area contributed by atoms with Gasteiger partial charge in [0.15, 0.2) is 0 Å². The van der Waals surface area contributed by atoms with E-state index in [-0.39, 0.29) is 10.9 Å². The number of hydrogen-bond acceptors (Lipinski definition) is 3. The van der Waals surface area contributed by atoms with Gasteiger partial charge in [-0.05, 0) is 12.5 Å². The van der Waals surface area contributed by atoms with Crippen molar-refractivity contribution in [2.45, 2.75) is 18.8 Å².